The number of amides is 1. The Morgan fingerprint density at radius 2 is 2.19 bits per heavy atom. The number of benzene rings is 1. The van der Waals surface area contributed by atoms with Crippen molar-refractivity contribution >= 4 is 17.2 Å². The van der Waals surface area contributed by atoms with Crippen LogP contribution in [0.25, 0.3) is 10.6 Å². The summed E-state index contributed by atoms with van der Waals surface area (Å²) in [5.74, 6) is -0.339. The van der Waals surface area contributed by atoms with Gasteiger partial charge in [-0.2, -0.15) is 0 Å². The van der Waals surface area contributed by atoms with E-state index in [9.17, 15) is 9.18 Å². The van der Waals surface area contributed by atoms with Crippen molar-refractivity contribution in [1.82, 2.24) is 15.2 Å². The summed E-state index contributed by atoms with van der Waals surface area (Å²) in [4.78, 5) is 18.6. The van der Waals surface area contributed by atoms with Gasteiger partial charge in [-0.1, -0.05) is 0 Å². The van der Waals surface area contributed by atoms with Gasteiger partial charge in [0.25, 0.3) is 5.91 Å². The van der Waals surface area contributed by atoms with Crippen LogP contribution in [0, 0.1) is 5.82 Å². The molecular formula is C15H16FN3OS. The van der Waals surface area contributed by atoms with Crippen LogP contribution in [0.15, 0.2) is 29.6 Å². The zero-order valence-corrected chi connectivity index (χ0v) is 12.5. The first-order chi connectivity index (χ1) is 10.1. The van der Waals surface area contributed by atoms with Crippen LogP contribution in [0.2, 0.25) is 0 Å². The van der Waals surface area contributed by atoms with Gasteiger partial charge in [0.15, 0.2) is 0 Å². The van der Waals surface area contributed by atoms with Gasteiger partial charge in [-0.05, 0) is 37.2 Å². The van der Waals surface area contributed by atoms with Crippen molar-refractivity contribution in [3.05, 3.63) is 41.2 Å². The fourth-order valence-electron chi connectivity index (χ4n) is 2.41. The second kappa shape index (κ2) is 5.91. The molecule has 0 saturated carbocycles. The number of aromatic nitrogens is 1. The summed E-state index contributed by atoms with van der Waals surface area (Å²) < 4.78 is 12.9. The Kier molecular flexibility index (Phi) is 3.98. The average molecular weight is 305 g/mol. The van der Waals surface area contributed by atoms with Crippen molar-refractivity contribution < 1.29 is 9.18 Å². The number of likely N-dealkylation sites (N-methyl/N-ethyl adjacent to an activating group) is 1. The minimum Gasteiger partial charge on any atom is -0.336 e. The third-order valence-electron chi connectivity index (χ3n) is 3.72. The van der Waals surface area contributed by atoms with Crippen LogP contribution in [0.1, 0.15) is 16.9 Å². The Hall–Kier alpha value is -1.79. The molecule has 1 fully saturated rings. The van der Waals surface area contributed by atoms with E-state index < -0.39 is 0 Å². The predicted molar refractivity (Wildman–Crippen MR) is 80.9 cm³/mol. The normalized spacial score (nSPS) is 17.9. The van der Waals surface area contributed by atoms with Crippen molar-refractivity contribution in [2.24, 2.45) is 0 Å². The molecule has 2 heterocycles. The number of thiazole rings is 1. The van der Waals surface area contributed by atoms with Gasteiger partial charge in [0, 0.05) is 30.6 Å². The van der Waals surface area contributed by atoms with Crippen LogP contribution < -0.4 is 5.32 Å². The average Bonchev–Trinajstić information content (AvgIpc) is 3.18. The molecule has 110 valence electrons. The highest BCUT2D eigenvalue weighted by atomic mass is 32.1. The Balaban J connectivity index is 1.77. The first-order valence-corrected chi connectivity index (χ1v) is 7.72. The van der Waals surface area contributed by atoms with Crippen molar-refractivity contribution in [3.8, 4) is 10.6 Å². The number of hydrogen-bond donors (Lipinski definition) is 1. The van der Waals surface area contributed by atoms with Gasteiger partial charge in [0.2, 0.25) is 0 Å². The van der Waals surface area contributed by atoms with E-state index in [0.29, 0.717) is 5.69 Å². The maximum Gasteiger partial charge on any atom is 0.273 e. The highest BCUT2D eigenvalue weighted by molar-refractivity contribution is 7.13. The molecule has 1 N–H and O–H groups in total. The second-order valence-corrected chi connectivity index (χ2v) is 5.97. The molecule has 0 bridgehead atoms. The van der Waals surface area contributed by atoms with E-state index in [-0.39, 0.29) is 17.8 Å². The van der Waals surface area contributed by atoms with Crippen LogP contribution >= 0.6 is 11.3 Å². The Labute approximate surface area is 126 Å². The van der Waals surface area contributed by atoms with Crippen molar-refractivity contribution in [2.75, 3.05) is 20.1 Å². The number of rotatable bonds is 3. The topological polar surface area (TPSA) is 45.2 Å². The summed E-state index contributed by atoms with van der Waals surface area (Å²) in [5.41, 5.74) is 1.28. The Bertz CT molecular complexity index is 635. The summed E-state index contributed by atoms with van der Waals surface area (Å²) in [6.07, 6.45) is 0.969. The van der Waals surface area contributed by atoms with Gasteiger partial charge in [0.05, 0.1) is 0 Å². The van der Waals surface area contributed by atoms with E-state index >= 15 is 0 Å². The predicted octanol–water partition coefficient (Wildman–Crippen LogP) is 2.38. The molecule has 0 aliphatic carbocycles. The van der Waals surface area contributed by atoms with E-state index in [1.54, 1.807) is 22.4 Å². The summed E-state index contributed by atoms with van der Waals surface area (Å²) in [7, 11) is 1.82. The van der Waals surface area contributed by atoms with Gasteiger partial charge < -0.3 is 10.2 Å². The van der Waals surface area contributed by atoms with Gasteiger partial charge in [0.1, 0.15) is 16.5 Å². The number of carbonyl (C=O) groups excluding carboxylic acids is 1. The third kappa shape index (κ3) is 2.96. The molecule has 1 unspecified atom stereocenters. The number of nitrogens with zero attached hydrogens (tertiary/aromatic N) is 2. The maximum absolute atomic E-state index is 12.9. The van der Waals surface area contributed by atoms with Crippen LogP contribution in [-0.4, -0.2) is 42.0 Å². The molecule has 1 saturated heterocycles. The van der Waals surface area contributed by atoms with Crippen LogP contribution in [-0.2, 0) is 0 Å². The first-order valence-electron chi connectivity index (χ1n) is 6.84. The molecule has 1 aliphatic rings. The summed E-state index contributed by atoms with van der Waals surface area (Å²) in [6.45, 7) is 1.78. The molecule has 21 heavy (non-hydrogen) atoms. The zero-order chi connectivity index (χ0) is 14.8. The highest BCUT2D eigenvalue weighted by Crippen LogP contribution is 2.24. The van der Waals surface area contributed by atoms with Crippen molar-refractivity contribution in [3.63, 3.8) is 0 Å². The molecular weight excluding hydrogens is 289 g/mol. The lowest BCUT2D eigenvalue weighted by molar-refractivity contribution is 0.0739. The highest BCUT2D eigenvalue weighted by Gasteiger charge is 2.25. The van der Waals surface area contributed by atoms with E-state index in [0.717, 1.165) is 30.1 Å². The zero-order valence-electron chi connectivity index (χ0n) is 11.7. The largest absolute Gasteiger partial charge is 0.336 e. The van der Waals surface area contributed by atoms with Gasteiger partial charge in [-0.15, -0.1) is 11.3 Å². The molecule has 1 amide bonds. The van der Waals surface area contributed by atoms with Gasteiger partial charge in [-0.25, -0.2) is 9.37 Å². The molecule has 1 aromatic carbocycles. The van der Waals surface area contributed by atoms with E-state index in [2.05, 4.69) is 10.3 Å². The fraction of sp³-hybridized carbons (Fsp3) is 0.333. The Morgan fingerprint density at radius 3 is 2.86 bits per heavy atom. The molecule has 2 aromatic rings. The number of nitrogens with one attached hydrogen (secondary N) is 1. The minimum absolute atomic E-state index is 0.0617. The van der Waals surface area contributed by atoms with Crippen molar-refractivity contribution in [2.45, 2.75) is 12.5 Å². The lowest BCUT2D eigenvalue weighted by Crippen LogP contribution is -2.38. The van der Waals surface area contributed by atoms with E-state index in [1.165, 1.54) is 23.5 Å². The first kappa shape index (κ1) is 14.2. The SMILES string of the molecule is CN(C(=O)c1csc(-c2ccc(F)cc2)n1)C1CCNC1. The van der Waals surface area contributed by atoms with Crippen LogP contribution in [0.3, 0.4) is 0 Å². The molecule has 0 radical (unpaired) electrons. The minimum atomic E-state index is -0.278. The monoisotopic (exact) mass is 305 g/mol. The summed E-state index contributed by atoms with van der Waals surface area (Å²) in [5, 5.41) is 5.75. The standard InChI is InChI=1S/C15H16FN3OS/c1-19(12-6-7-17-8-12)15(20)13-9-21-14(18-13)10-2-4-11(16)5-3-10/h2-5,9,12,17H,6-8H2,1H3. The molecule has 1 aliphatic heterocycles. The fourth-order valence-corrected chi connectivity index (χ4v) is 3.21. The van der Waals surface area contributed by atoms with E-state index in [4.69, 9.17) is 0 Å². The molecule has 0 spiro atoms. The molecule has 6 heteroatoms. The molecule has 1 aromatic heterocycles. The van der Waals surface area contributed by atoms with Crippen LogP contribution in [0.4, 0.5) is 4.39 Å². The number of hydrogen-bond acceptors (Lipinski definition) is 4. The summed E-state index contributed by atoms with van der Waals surface area (Å²) >= 11 is 1.40. The molecule has 4 nitrogen and oxygen atoms in total. The van der Waals surface area contributed by atoms with Gasteiger partial charge in [-0.3, -0.25) is 4.79 Å². The lowest BCUT2D eigenvalue weighted by atomic mass is 10.2. The quantitative estimate of drug-likeness (QED) is 0.947. The smallest absolute Gasteiger partial charge is 0.273 e. The second-order valence-electron chi connectivity index (χ2n) is 5.11. The van der Waals surface area contributed by atoms with Crippen LogP contribution in [0.5, 0.6) is 0 Å². The van der Waals surface area contributed by atoms with Gasteiger partial charge >= 0.3 is 0 Å². The molecule has 3 rings (SSSR count). The summed E-state index contributed by atoms with van der Waals surface area (Å²) in [6, 6.07) is 6.37. The Morgan fingerprint density at radius 1 is 1.43 bits per heavy atom. The third-order valence-corrected chi connectivity index (χ3v) is 4.61. The number of halogens is 1. The maximum atomic E-state index is 12.9. The number of carbonyl (C=O) groups is 1. The lowest BCUT2D eigenvalue weighted by Gasteiger charge is -2.22. The van der Waals surface area contributed by atoms with Crippen molar-refractivity contribution in [1.29, 1.82) is 0 Å². The molecule has 1 atom stereocenters. The van der Waals surface area contributed by atoms with E-state index in [1.807, 2.05) is 7.05 Å².